The van der Waals surface area contributed by atoms with E-state index in [1.807, 2.05) is 15.9 Å². The SMILES string of the molecule is CCC[C@]1(CO)CCN(c2cc(C(=O)N3CCCC3)ccn2)C[C@H]1O. The molecule has 2 aliphatic heterocycles. The van der Waals surface area contributed by atoms with Gasteiger partial charge in [0.1, 0.15) is 5.82 Å². The first-order chi connectivity index (χ1) is 12.1. The lowest BCUT2D eigenvalue weighted by Gasteiger charge is -2.45. The predicted octanol–water partition coefficient (Wildman–Crippen LogP) is 1.67. The fraction of sp³-hybridized carbons (Fsp3) is 0.684. The fourth-order valence-corrected chi connectivity index (χ4v) is 4.11. The van der Waals surface area contributed by atoms with Crippen LogP contribution in [0, 0.1) is 5.41 Å². The summed E-state index contributed by atoms with van der Waals surface area (Å²) in [7, 11) is 0. The van der Waals surface area contributed by atoms with Crippen LogP contribution in [-0.4, -0.2) is 64.9 Å². The second kappa shape index (κ2) is 7.70. The number of hydrogen-bond donors (Lipinski definition) is 2. The number of carbonyl (C=O) groups is 1. The molecule has 1 aromatic heterocycles. The van der Waals surface area contributed by atoms with Gasteiger partial charge >= 0.3 is 0 Å². The number of nitrogens with zero attached hydrogens (tertiary/aromatic N) is 3. The minimum Gasteiger partial charge on any atom is -0.396 e. The van der Waals surface area contributed by atoms with Gasteiger partial charge in [0, 0.05) is 43.4 Å². The van der Waals surface area contributed by atoms with Crippen LogP contribution >= 0.6 is 0 Å². The van der Waals surface area contributed by atoms with Crippen molar-refractivity contribution in [3.63, 3.8) is 0 Å². The van der Waals surface area contributed by atoms with Gasteiger partial charge in [0.15, 0.2) is 0 Å². The van der Waals surface area contributed by atoms with Crippen LogP contribution in [0.4, 0.5) is 5.82 Å². The van der Waals surface area contributed by atoms with Crippen LogP contribution < -0.4 is 4.90 Å². The third-order valence-corrected chi connectivity index (χ3v) is 5.75. The van der Waals surface area contributed by atoms with Crippen LogP contribution in [0.2, 0.25) is 0 Å². The average Bonchev–Trinajstić information content (AvgIpc) is 3.18. The zero-order valence-electron chi connectivity index (χ0n) is 15.0. The van der Waals surface area contributed by atoms with Gasteiger partial charge in [0.05, 0.1) is 12.7 Å². The number of amides is 1. The van der Waals surface area contributed by atoms with E-state index >= 15 is 0 Å². The quantitative estimate of drug-likeness (QED) is 0.847. The summed E-state index contributed by atoms with van der Waals surface area (Å²) in [6.07, 6.45) is 5.71. The Labute approximate surface area is 149 Å². The Bertz CT molecular complexity index is 603. The minimum atomic E-state index is -0.592. The van der Waals surface area contributed by atoms with Crippen LogP contribution in [0.1, 0.15) is 49.4 Å². The van der Waals surface area contributed by atoms with Crippen LogP contribution in [0.15, 0.2) is 18.3 Å². The monoisotopic (exact) mass is 347 g/mol. The van der Waals surface area contributed by atoms with Crippen LogP contribution in [0.3, 0.4) is 0 Å². The van der Waals surface area contributed by atoms with Crippen molar-refractivity contribution >= 4 is 11.7 Å². The molecule has 0 unspecified atom stereocenters. The number of rotatable bonds is 5. The maximum atomic E-state index is 12.6. The van der Waals surface area contributed by atoms with E-state index < -0.39 is 11.5 Å². The van der Waals surface area contributed by atoms with Gasteiger partial charge in [-0.15, -0.1) is 0 Å². The smallest absolute Gasteiger partial charge is 0.254 e. The van der Waals surface area contributed by atoms with Gasteiger partial charge < -0.3 is 20.0 Å². The molecule has 6 nitrogen and oxygen atoms in total. The maximum absolute atomic E-state index is 12.6. The van der Waals surface area contributed by atoms with Crippen molar-refractivity contribution in [2.24, 2.45) is 5.41 Å². The molecule has 2 N–H and O–H groups in total. The molecule has 0 saturated carbocycles. The molecule has 2 atom stereocenters. The third kappa shape index (κ3) is 3.65. The minimum absolute atomic E-state index is 0.0107. The number of hydrogen-bond acceptors (Lipinski definition) is 5. The second-order valence-corrected chi connectivity index (χ2v) is 7.38. The van der Waals surface area contributed by atoms with Crippen LogP contribution in [0.5, 0.6) is 0 Å². The van der Waals surface area contributed by atoms with E-state index in [-0.39, 0.29) is 12.5 Å². The summed E-state index contributed by atoms with van der Waals surface area (Å²) in [6.45, 7) is 4.91. The molecule has 2 fully saturated rings. The molecule has 2 saturated heterocycles. The molecular formula is C19H29N3O3. The Morgan fingerprint density at radius 2 is 2.12 bits per heavy atom. The van der Waals surface area contributed by atoms with E-state index in [2.05, 4.69) is 11.9 Å². The first kappa shape index (κ1) is 18.1. The van der Waals surface area contributed by atoms with E-state index in [9.17, 15) is 15.0 Å². The molecule has 1 aromatic rings. The van der Waals surface area contributed by atoms with Gasteiger partial charge in [-0.05, 0) is 37.8 Å². The highest BCUT2D eigenvalue weighted by Gasteiger charge is 2.41. The Morgan fingerprint density at radius 1 is 1.36 bits per heavy atom. The van der Waals surface area contributed by atoms with Gasteiger partial charge in [-0.3, -0.25) is 4.79 Å². The van der Waals surface area contributed by atoms with Gasteiger partial charge in [-0.25, -0.2) is 4.98 Å². The van der Waals surface area contributed by atoms with E-state index in [1.54, 1.807) is 12.3 Å². The van der Waals surface area contributed by atoms with Crippen molar-refractivity contribution in [1.29, 1.82) is 0 Å². The highest BCUT2D eigenvalue weighted by atomic mass is 16.3. The predicted molar refractivity (Wildman–Crippen MR) is 96.6 cm³/mol. The molecule has 0 spiro atoms. The van der Waals surface area contributed by atoms with Crippen molar-refractivity contribution in [3.8, 4) is 0 Å². The van der Waals surface area contributed by atoms with Gasteiger partial charge in [-0.1, -0.05) is 13.3 Å². The molecule has 138 valence electrons. The van der Waals surface area contributed by atoms with Crippen molar-refractivity contribution < 1.29 is 15.0 Å². The van der Waals surface area contributed by atoms with E-state index in [1.165, 1.54) is 0 Å². The second-order valence-electron chi connectivity index (χ2n) is 7.38. The van der Waals surface area contributed by atoms with Crippen molar-refractivity contribution in [3.05, 3.63) is 23.9 Å². The molecule has 2 aliphatic rings. The summed E-state index contributed by atoms with van der Waals surface area (Å²) >= 11 is 0. The van der Waals surface area contributed by atoms with Gasteiger partial charge in [0.25, 0.3) is 5.91 Å². The molecule has 6 heteroatoms. The number of aliphatic hydroxyl groups is 2. The Kier molecular flexibility index (Phi) is 5.59. The highest BCUT2D eigenvalue weighted by Crippen LogP contribution is 2.37. The highest BCUT2D eigenvalue weighted by molar-refractivity contribution is 5.95. The lowest BCUT2D eigenvalue weighted by molar-refractivity contribution is -0.0372. The number of likely N-dealkylation sites (tertiary alicyclic amines) is 1. The number of anilines is 1. The van der Waals surface area contributed by atoms with Crippen LogP contribution in [-0.2, 0) is 0 Å². The van der Waals surface area contributed by atoms with Crippen molar-refractivity contribution in [2.45, 2.75) is 45.1 Å². The van der Waals surface area contributed by atoms with Gasteiger partial charge in [-0.2, -0.15) is 0 Å². The lowest BCUT2D eigenvalue weighted by Crippen LogP contribution is -2.53. The molecule has 0 radical (unpaired) electrons. The zero-order chi connectivity index (χ0) is 17.9. The first-order valence-corrected chi connectivity index (χ1v) is 9.39. The average molecular weight is 347 g/mol. The van der Waals surface area contributed by atoms with E-state index in [0.29, 0.717) is 12.1 Å². The summed E-state index contributed by atoms with van der Waals surface area (Å²) in [6, 6.07) is 3.60. The fourth-order valence-electron chi connectivity index (χ4n) is 4.11. The van der Waals surface area contributed by atoms with Gasteiger partial charge in [0.2, 0.25) is 0 Å². The molecule has 3 rings (SSSR count). The first-order valence-electron chi connectivity index (χ1n) is 9.39. The molecule has 25 heavy (non-hydrogen) atoms. The topological polar surface area (TPSA) is 76.9 Å². The summed E-state index contributed by atoms with van der Waals surface area (Å²) in [5, 5.41) is 20.4. The normalized spacial score (nSPS) is 26.9. The zero-order valence-corrected chi connectivity index (χ0v) is 15.0. The standard InChI is InChI=1S/C19H29N3O3/c1-2-6-19(14-23)7-11-22(13-16(19)24)17-12-15(5-8-20-17)18(25)21-9-3-4-10-21/h5,8,12,16,23-24H,2-4,6-7,9-11,13-14H2,1H3/t16-,19-/m1/s1. The maximum Gasteiger partial charge on any atom is 0.254 e. The van der Waals surface area contributed by atoms with Crippen molar-refractivity contribution in [1.82, 2.24) is 9.88 Å². The largest absolute Gasteiger partial charge is 0.396 e. The number of piperidine rings is 1. The molecule has 3 heterocycles. The summed E-state index contributed by atoms with van der Waals surface area (Å²) < 4.78 is 0. The molecule has 0 aliphatic carbocycles. The Balaban J connectivity index is 1.73. The summed E-state index contributed by atoms with van der Waals surface area (Å²) in [5.41, 5.74) is 0.253. The summed E-state index contributed by atoms with van der Waals surface area (Å²) in [4.78, 5) is 20.9. The van der Waals surface area contributed by atoms with Crippen molar-refractivity contribution in [2.75, 3.05) is 37.7 Å². The van der Waals surface area contributed by atoms with E-state index in [0.717, 1.165) is 57.6 Å². The van der Waals surface area contributed by atoms with Crippen LogP contribution in [0.25, 0.3) is 0 Å². The third-order valence-electron chi connectivity index (χ3n) is 5.75. The lowest BCUT2D eigenvalue weighted by atomic mass is 9.73. The number of carbonyl (C=O) groups excluding carboxylic acids is 1. The number of pyridine rings is 1. The molecular weight excluding hydrogens is 318 g/mol. The number of aromatic nitrogens is 1. The Hall–Kier alpha value is -1.66. The number of aliphatic hydroxyl groups excluding tert-OH is 2. The summed E-state index contributed by atoms with van der Waals surface area (Å²) in [5.74, 6) is 0.793. The molecule has 0 bridgehead atoms. The van der Waals surface area contributed by atoms with E-state index in [4.69, 9.17) is 0 Å². The number of β-amino-alcohol motifs (C(OH)–C–C–N with tert-alkyl or cyclic N) is 1. The molecule has 0 aromatic carbocycles. The Morgan fingerprint density at radius 3 is 2.76 bits per heavy atom. The molecule has 1 amide bonds.